The largest absolute Gasteiger partial charge is 0.496 e. The number of nitrogens with zero attached hydrogens (tertiary/aromatic N) is 2. The van der Waals surface area contributed by atoms with Crippen molar-refractivity contribution in [1.82, 2.24) is 5.16 Å². The molecule has 0 N–H and O–H groups in total. The lowest BCUT2D eigenvalue weighted by Crippen LogP contribution is -1.95. The lowest BCUT2D eigenvalue weighted by molar-refractivity contribution is 0.371. The van der Waals surface area contributed by atoms with Crippen molar-refractivity contribution in [2.24, 2.45) is 0 Å². The van der Waals surface area contributed by atoms with Gasteiger partial charge in [-0.1, -0.05) is 5.16 Å². The van der Waals surface area contributed by atoms with E-state index < -0.39 is 0 Å². The summed E-state index contributed by atoms with van der Waals surface area (Å²) in [6, 6.07) is 5.31. The number of hydrogen-bond acceptors (Lipinski definition) is 6. The molecule has 1 heterocycles. The molecular weight excluding hydrogens is 328 g/mol. The van der Waals surface area contributed by atoms with Gasteiger partial charge in [-0.05, 0) is 15.9 Å². The third-order valence-corrected chi connectivity index (χ3v) is 3.42. The van der Waals surface area contributed by atoms with Crippen LogP contribution in [-0.4, -0.2) is 26.5 Å². The van der Waals surface area contributed by atoms with Gasteiger partial charge >= 0.3 is 0 Å². The van der Waals surface area contributed by atoms with Crippen LogP contribution in [0.4, 0.5) is 0 Å². The summed E-state index contributed by atoms with van der Waals surface area (Å²) in [5.74, 6) is 1.92. The molecule has 0 aliphatic carbocycles. The second kappa shape index (κ2) is 5.84. The summed E-state index contributed by atoms with van der Waals surface area (Å²) in [5, 5.41) is 12.6. The van der Waals surface area contributed by atoms with Crippen molar-refractivity contribution in [3.05, 3.63) is 22.3 Å². The molecule has 0 unspecified atom stereocenters. The maximum atomic E-state index is 8.93. The molecule has 2 rings (SSSR count). The molecule has 20 heavy (non-hydrogen) atoms. The lowest BCUT2D eigenvalue weighted by Gasteiger charge is -2.13. The monoisotopic (exact) mass is 338 g/mol. The van der Waals surface area contributed by atoms with Gasteiger partial charge in [-0.15, -0.1) is 0 Å². The molecule has 0 amide bonds. The highest BCUT2D eigenvalue weighted by Crippen LogP contribution is 2.45. The molecule has 2 aromatic rings. The lowest BCUT2D eigenvalue weighted by atomic mass is 10.1. The summed E-state index contributed by atoms with van der Waals surface area (Å²) >= 11 is 3.29. The van der Waals surface area contributed by atoms with Crippen molar-refractivity contribution in [2.45, 2.75) is 0 Å². The van der Waals surface area contributed by atoms with Gasteiger partial charge in [0.05, 0.1) is 21.3 Å². The SMILES string of the molecule is COc1cc(OC)c(-c2onc(C#N)c2Br)c(OC)c1. The molecule has 0 radical (unpaired) electrons. The minimum Gasteiger partial charge on any atom is -0.496 e. The van der Waals surface area contributed by atoms with Gasteiger partial charge in [0.15, 0.2) is 11.5 Å². The summed E-state index contributed by atoms with van der Waals surface area (Å²) in [6.45, 7) is 0. The number of ether oxygens (including phenoxy) is 3. The molecule has 0 saturated carbocycles. The number of methoxy groups -OCH3 is 3. The van der Waals surface area contributed by atoms with E-state index in [4.69, 9.17) is 24.0 Å². The number of nitriles is 1. The molecule has 0 aliphatic heterocycles. The zero-order valence-electron chi connectivity index (χ0n) is 11.1. The Balaban J connectivity index is 2.71. The van der Waals surface area contributed by atoms with Gasteiger partial charge in [0, 0.05) is 12.1 Å². The Labute approximate surface area is 124 Å². The maximum absolute atomic E-state index is 8.93. The van der Waals surface area contributed by atoms with E-state index in [2.05, 4.69) is 21.1 Å². The first-order chi connectivity index (χ1) is 9.65. The van der Waals surface area contributed by atoms with Crippen molar-refractivity contribution in [3.63, 3.8) is 0 Å². The molecular formula is C13H11BrN2O4. The van der Waals surface area contributed by atoms with Crippen LogP contribution in [0.1, 0.15) is 5.69 Å². The number of aromatic nitrogens is 1. The molecule has 1 aromatic heterocycles. The average molecular weight is 339 g/mol. The van der Waals surface area contributed by atoms with Crippen LogP contribution in [0.15, 0.2) is 21.1 Å². The second-order valence-electron chi connectivity index (χ2n) is 3.69. The van der Waals surface area contributed by atoms with Crippen LogP contribution in [-0.2, 0) is 0 Å². The minimum absolute atomic E-state index is 0.153. The molecule has 104 valence electrons. The van der Waals surface area contributed by atoms with Gasteiger partial charge in [-0.3, -0.25) is 0 Å². The van der Waals surface area contributed by atoms with Gasteiger partial charge in [-0.25, -0.2) is 0 Å². The van der Waals surface area contributed by atoms with Gasteiger partial charge in [0.2, 0.25) is 0 Å². The Morgan fingerprint density at radius 1 is 1.15 bits per heavy atom. The highest BCUT2D eigenvalue weighted by molar-refractivity contribution is 9.10. The number of rotatable bonds is 4. The van der Waals surface area contributed by atoms with Crippen LogP contribution in [0.25, 0.3) is 11.3 Å². The zero-order chi connectivity index (χ0) is 14.7. The Morgan fingerprint density at radius 3 is 2.15 bits per heavy atom. The molecule has 0 saturated heterocycles. The molecule has 0 aliphatic rings. The Bertz CT molecular complexity index is 650. The molecule has 1 aromatic carbocycles. The van der Waals surface area contributed by atoms with Crippen molar-refractivity contribution in [1.29, 1.82) is 5.26 Å². The summed E-state index contributed by atoms with van der Waals surface area (Å²) in [7, 11) is 4.59. The van der Waals surface area contributed by atoms with E-state index in [-0.39, 0.29) is 5.69 Å². The Morgan fingerprint density at radius 2 is 1.75 bits per heavy atom. The third-order valence-electron chi connectivity index (χ3n) is 2.68. The normalized spacial score (nSPS) is 9.95. The van der Waals surface area contributed by atoms with E-state index >= 15 is 0 Å². The Kier molecular flexibility index (Phi) is 4.15. The van der Waals surface area contributed by atoms with Crippen LogP contribution < -0.4 is 14.2 Å². The van der Waals surface area contributed by atoms with Crippen LogP contribution in [0.5, 0.6) is 17.2 Å². The maximum Gasteiger partial charge on any atom is 0.198 e. The molecule has 6 nitrogen and oxygen atoms in total. The topological polar surface area (TPSA) is 77.5 Å². The molecule has 0 bridgehead atoms. The van der Waals surface area contributed by atoms with Gasteiger partial charge in [0.25, 0.3) is 0 Å². The summed E-state index contributed by atoms with van der Waals surface area (Å²) in [5.41, 5.74) is 0.705. The van der Waals surface area contributed by atoms with Crippen molar-refractivity contribution >= 4 is 15.9 Å². The third kappa shape index (κ3) is 2.30. The summed E-state index contributed by atoms with van der Waals surface area (Å²) in [4.78, 5) is 0. The fourth-order valence-corrected chi connectivity index (χ4v) is 2.17. The number of halogens is 1. The summed E-state index contributed by atoms with van der Waals surface area (Å²) < 4.78 is 21.5. The molecule has 0 spiro atoms. The first-order valence-corrected chi connectivity index (χ1v) is 6.31. The highest BCUT2D eigenvalue weighted by atomic mass is 79.9. The molecule has 7 heteroatoms. The zero-order valence-corrected chi connectivity index (χ0v) is 12.6. The predicted octanol–water partition coefficient (Wildman–Crippen LogP) is 3.00. The second-order valence-corrected chi connectivity index (χ2v) is 4.49. The average Bonchev–Trinajstić information content (AvgIpc) is 2.86. The van der Waals surface area contributed by atoms with E-state index in [1.807, 2.05) is 6.07 Å². The van der Waals surface area contributed by atoms with Gasteiger partial charge < -0.3 is 18.7 Å². The standard InChI is InChI=1S/C13H11BrN2O4/c1-17-7-4-9(18-2)11(10(5-7)19-3)13-12(14)8(6-15)16-20-13/h4-5H,1-3H3. The van der Waals surface area contributed by atoms with E-state index in [0.29, 0.717) is 33.0 Å². The van der Waals surface area contributed by atoms with E-state index in [0.717, 1.165) is 0 Å². The van der Waals surface area contributed by atoms with Gasteiger partial charge in [0.1, 0.15) is 33.4 Å². The summed E-state index contributed by atoms with van der Waals surface area (Å²) in [6.07, 6.45) is 0. The highest BCUT2D eigenvalue weighted by Gasteiger charge is 2.23. The smallest absolute Gasteiger partial charge is 0.198 e. The first-order valence-electron chi connectivity index (χ1n) is 5.51. The van der Waals surface area contributed by atoms with E-state index in [1.54, 1.807) is 19.2 Å². The first kappa shape index (κ1) is 14.2. The van der Waals surface area contributed by atoms with Crippen molar-refractivity contribution < 1.29 is 18.7 Å². The Hall–Kier alpha value is -2.20. The van der Waals surface area contributed by atoms with E-state index in [1.165, 1.54) is 14.2 Å². The van der Waals surface area contributed by atoms with Crippen LogP contribution in [0.2, 0.25) is 0 Å². The van der Waals surface area contributed by atoms with Crippen LogP contribution >= 0.6 is 15.9 Å². The molecule has 0 atom stereocenters. The quantitative estimate of drug-likeness (QED) is 0.852. The fraction of sp³-hybridized carbons (Fsp3) is 0.231. The van der Waals surface area contributed by atoms with Crippen molar-refractivity contribution in [2.75, 3.05) is 21.3 Å². The fourth-order valence-electron chi connectivity index (χ4n) is 1.73. The van der Waals surface area contributed by atoms with Crippen LogP contribution in [0.3, 0.4) is 0 Å². The van der Waals surface area contributed by atoms with Crippen LogP contribution in [0, 0.1) is 11.3 Å². The number of hydrogen-bond donors (Lipinski definition) is 0. The number of benzene rings is 1. The van der Waals surface area contributed by atoms with E-state index in [9.17, 15) is 0 Å². The predicted molar refractivity (Wildman–Crippen MR) is 74.0 cm³/mol. The minimum atomic E-state index is 0.153. The van der Waals surface area contributed by atoms with Crippen molar-refractivity contribution in [3.8, 4) is 34.6 Å². The molecule has 0 fully saturated rings. The van der Waals surface area contributed by atoms with Gasteiger partial charge in [-0.2, -0.15) is 5.26 Å².